The lowest BCUT2D eigenvalue weighted by atomic mass is 10.1. The first kappa shape index (κ1) is 10.2. The van der Waals surface area contributed by atoms with Crippen molar-refractivity contribution in [2.45, 2.75) is 13.3 Å². The molecule has 0 spiro atoms. The SMILES string of the molecule is Cc1cc(C(=O)CCN)ccc1Cl. The number of halogens is 1. The monoisotopic (exact) mass is 197 g/mol. The van der Waals surface area contributed by atoms with Crippen molar-refractivity contribution in [2.24, 2.45) is 5.73 Å². The van der Waals surface area contributed by atoms with Gasteiger partial charge < -0.3 is 5.73 Å². The zero-order valence-electron chi connectivity index (χ0n) is 7.51. The van der Waals surface area contributed by atoms with E-state index in [9.17, 15) is 4.79 Å². The number of rotatable bonds is 3. The summed E-state index contributed by atoms with van der Waals surface area (Å²) in [6, 6.07) is 5.26. The van der Waals surface area contributed by atoms with Gasteiger partial charge in [-0.2, -0.15) is 0 Å². The van der Waals surface area contributed by atoms with Crippen LogP contribution < -0.4 is 5.73 Å². The first-order valence-electron chi connectivity index (χ1n) is 4.14. The molecule has 70 valence electrons. The van der Waals surface area contributed by atoms with Crippen LogP contribution in [0, 0.1) is 6.92 Å². The van der Waals surface area contributed by atoms with Crippen LogP contribution in [0.1, 0.15) is 22.3 Å². The molecule has 0 saturated carbocycles. The van der Waals surface area contributed by atoms with Gasteiger partial charge in [-0.1, -0.05) is 11.6 Å². The molecule has 0 atom stereocenters. The first-order valence-corrected chi connectivity index (χ1v) is 4.52. The van der Waals surface area contributed by atoms with E-state index in [4.69, 9.17) is 17.3 Å². The molecule has 0 heterocycles. The average molecular weight is 198 g/mol. The fourth-order valence-electron chi connectivity index (χ4n) is 1.09. The Kier molecular flexibility index (Phi) is 3.46. The quantitative estimate of drug-likeness (QED) is 0.755. The fraction of sp³-hybridized carbons (Fsp3) is 0.300. The zero-order valence-corrected chi connectivity index (χ0v) is 8.27. The molecule has 0 aliphatic heterocycles. The second-order valence-corrected chi connectivity index (χ2v) is 3.33. The summed E-state index contributed by atoms with van der Waals surface area (Å²) >= 11 is 5.83. The van der Waals surface area contributed by atoms with Crippen molar-refractivity contribution in [1.82, 2.24) is 0 Å². The summed E-state index contributed by atoms with van der Waals surface area (Å²) in [4.78, 5) is 11.4. The van der Waals surface area contributed by atoms with Gasteiger partial charge in [-0.05, 0) is 37.2 Å². The van der Waals surface area contributed by atoms with Crippen LogP contribution in [0.3, 0.4) is 0 Å². The Morgan fingerprint density at radius 3 is 2.77 bits per heavy atom. The van der Waals surface area contributed by atoms with Crippen molar-refractivity contribution in [3.05, 3.63) is 34.3 Å². The van der Waals surface area contributed by atoms with Gasteiger partial charge in [-0.25, -0.2) is 0 Å². The molecule has 0 aliphatic rings. The molecule has 0 fully saturated rings. The molecule has 1 rings (SSSR count). The maximum Gasteiger partial charge on any atom is 0.164 e. The van der Waals surface area contributed by atoms with Crippen LogP contribution in [0.2, 0.25) is 5.02 Å². The van der Waals surface area contributed by atoms with Gasteiger partial charge in [0.1, 0.15) is 0 Å². The summed E-state index contributed by atoms with van der Waals surface area (Å²) in [6.07, 6.45) is 0.390. The summed E-state index contributed by atoms with van der Waals surface area (Å²) in [5, 5.41) is 0.685. The second-order valence-electron chi connectivity index (χ2n) is 2.93. The second kappa shape index (κ2) is 4.40. The highest BCUT2D eigenvalue weighted by molar-refractivity contribution is 6.31. The first-order chi connectivity index (χ1) is 6.15. The molecule has 0 aromatic heterocycles. The molecule has 0 unspecified atom stereocenters. The van der Waals surface area contributed by atoms with E-state index in [0.717, 1.165) is 5.56 Å². The number of carbonyl (C=O) groups excluding carboxylic acids is 1. The number of Topliss-reactive ketones (excluding diaryl/α,β-unsaturated/α-hetero) is 1. The molecular weight excluding hydrogens is 186 g/mol. The summed E-state index contributed by atoms with van der Waals surface area (Å²) in [5.41, 5.74) is 6.90. The van der Waals surface area contributed by atoms with Gasteiger partial charge in [0.05, 0.1) is 0 Å². The maximum atomic E-state index is 11.4. The number of ketones is 1. The van der Waals surface area contributed by atoms with Crippen LogP contribution in [0.5, 0.6) is 0 Å². The number of hydrogen-bond acceptors (Lipinski definition) is 2. The van der Waals surface area contributed by atoms with E-state index in [-0.39, 0.29) is 5.78 Å². The number of nitrogens with two attached hydrogens (primary N) is 1. The van der Waals surface area contributed by atoms with Crippen LogP contribution in [-0.4, -0.2) is 12.3 Å². The van der Waals surface area contributed by atoms with E-state index in [1.54, 1.807) is 18.2 Å². The number of benzene rings is 1. The average Bonchev–Trinajstić information content (AvgIpc) is 2.10. The third-order valence-electron chi connectivity index (χ3n) is 1.85. The largest absolute Gasteiger partial charge is 0.330 e. The van der Waals surface area contributed by atoms with Gasteiger partial charge in [0.15, 0.2) is 5.78 Å². The van der Waals surface area contributed by atoms with Gasteiger partial charge >= 0.3 is 0 Å². The minimum atomic E-state index is 0.0715. The molecule has 2 N–H and O–H groups in total. The highest BCUT2D eigenvalue weighted by Crippen LogP contribution is 2.16. The molecular formula is C10H12ClNO. The fourth-order valence-corrected chi connectivity index (χ4v) is 1.21. The Morgan fingerprint density at radius 1 is 1.54 bits per heavy atom. The van der Waals surface area contributed by atoms with Gasteiger partial charge in [0.25, 0.3) is 0 Å². The Hall–Kier alpha value is -0.860. The van der Waals surface area contributed by atoms with Gasteiger partial charge in [0, 0.05) is 17.0 Å². The van der Waals surface area contributed by atoms with Crippen molar-refractivity contribution in [1.29, 1.82) is 0 Å². The highest BCUT2D eigenvalue weighted by Gasteiger charge is 2.05. The van der Waals surface area contributed by atoms with Crippen molar-refractivity contribution < 1.29 is 4.79 Å². The number of carbonyl (C=O) groups is 1. The van der Waals surface area contributed by atoms with Crippen LogP contribution >= 0.6 is 11.6 Å². The summed E-state index contributed by atoms with van der Waals surface area (Å²) in [5.74, 6) is 0.0715. The third-order valence-corrected chi connectivity index (χ3v) is 2.28. The normalized spacial score (nSPS) is 10.1. The van der Waals surface area contributed by atoms with E-state index in [1.807, 2.05) is 6.92 Å². The molecule has 1 aromatic carbocycles. The highest BCUT2D eigenvalue weighted by atomic mass is 35.5. The third kappa shape index (κ3) is 2.54. The molecule has 13 heavy (non-hydrogen) atoms. The predicted molar refractivity (Wildman–Crippen MR) is 54.2 cm³/mol. The summed E-state index contributed by atoms with van der Waals surface area (Å²) in [7, 11) is 0. The maximum absolute atomic E-state index is 11.4. The van der Waals surface area contributed by atoms with E-state index in [2.05, 4.69) is 0 Å². The Labute approximate surface area is 82.7 Å². The summed E-state index contributed by atoms with van der Waals surface area (Å²) in [6.45, 7) is 2.27. The zero-order chi connectivity index (χ0) is 9.84. The van der Waals surface area contributed by atoms with Gasteiger partial charge in [0.2, 0.25) is 0 Å². The predicted octanol–water partition coefficient (Wildman–Crippen LogP) is 2.18. The standard InChI is InChI=1S/C10H12ClNO/c1-7-6-8(2-3-9(7)11)10(13)4-5-12/h2-3,6H,4-5,12H2,1H3. The number of hydrogen-bond donors (Lipinski definition) is 1. The molecule has 0 saturated heterocycles. The van der Waals surface area contributed by atoms with Crippen LogP contribution in [0.25, 0.3) is 0 Å². The molecule has 0 bridgehead atoms. The summed E-state index contributed by atoms with van der Waals surface area (Å²) < 4.78 is 0. The van der Waals surface area contributed by atoms with E-state index < -0.39 is 0 Å². The molecule has 1 aromatic rings. The minimum Gasteiger partial charge on any atom is -0.330 e. The van der Waals surface area contributed by atoms with Gasteiger partial charge in [-0.15, -0.1) is 0 Å². The van der Waals surface area contributed by atoms with E-state index in [0.29, 0.717) is 23.6 Å². The Bertz CT molecular complexity index is 323. The lowest BCUT2D eigenvalue weighted by Crippen LogP contribution is -2.08. The lowest BCUT2D eigenvalue weighted by Gasteiger charge is -2.01. The van der Waals surface area contributed by atoms with Gasteiger partial charge in [-0.3, -0.25) is 4.79 Å². The van der Waals surface area contributed by atoms with Crippen molar-refractivity contribution in [3.8, 4) is 0 Å². The Morgan fingerprint density at radius 2 is 2.23 bits per heavy atom. The Balaban J connectivity index is 2.90. The lowest BCUT2D eigenvalue weighted by molar-refractivity contribution is 0.0985. The molecule has 2 nitrogen and oxygen atoms in total. The van der Waals surface area contributed by atoms with E-state index in [1.165, 1.54) is 0 Å². The van der Waals surface area contributed by atoms with Crippen LogP contribution in [0.4, 0.5) is 0 Å². The van der Waals surface area contributed by atoms with Crippen molar-refractivity contribution >= 4 is 17.4 Å². The minimum absolute atomic E-state index is 0.0715. The molecule has 0 amide bonds. The molecule has 0 aliphatic carbocycles. The molecule has 3 heteroatoms. The van der Waals surface area contributed by atoms with E-state index >= 15 is 0 Å². The number of aryl methyl sites for hydroxylation is 1. The smallest absolute Gasteiger partial charge is 0.164 e. The van der Waals surface area contributed by atoms with Crippen molar-refractivity contribution in [2.75, 3.05) is 6.54 Å². The van der Waals surface area contributed by atoms with Crippen LogP contribution in [0.15, 0.2) is 18.2 Å². The van der Waals surface area contributed by atoms with Crippen LogP contribution in [-0.2, 0) is 0 Å². The molecule has 0 radical (unpaired) electrons. The van der Waals surface area contributed by atoms with Crippen molar-refractivity contribution in [3.63, 3.8) is 0 Å². The topological polar surface area (TPSA) is 43.1 Å².